The summed E-state index contributed by atoms with van der Waals surface area (Å²) in [5.41, 5.74) is 0.519. The topological polar surface area (TPSA) is 77.8 Å². The molecular weight excluding hydrogens is 364 g/mol. The van der Waals surface area contributed by atoms with Gasteiger partial charge in [-0.25, -0.2) is 0 Å². The monoisotopic (exact) mass is 406 g/mol. The van der Waals surface area contributed by atoms with Crippen LogP contribution in [0.15, 0.2) is 0 Å². The molecular formula is C25H42O4. The summed E-state index contributed by atoms with van der Waals surface area (Å²) in [6.45, 7) is 7.08. The maximum Gasteiger partial charge on any atom is 0.303 e. The van der Waals surface area contributed by atoms with Gasteiger partial charge in [0.15, 0.2) is 0 Å². The minimum absolute atomic E-state index is 0.218. The highest BCUT2D eigenvalue weighted by atomic mass is 16.4. The fourth-order valence-electron chi connectivity index (χ4n) is 9.27. The number of fused-ring (bicyclic) bond motifs is 5. The average molecular weight is 407 g/mol. The molecule has 0 aromatic heterocycles. The van der Waals surface area contributed by atoms with Crippen molar-refractivity contribution in [1.82, 2.24) is 0 Å². The van der Waals surface area contributed by atoms with Gasteiger partial charge in [-0.1, -0.05) is 20.8 Å². The van der Waals surface area contributed by atoms with E-state index in [4.69, 9.17) is 5.11 Å². The molecule has 4 aliphatic carbocycles. The lowest BCUT2D eigenvalue weighted by molar-refractivity contribution is -0.181. The molecule has 4 saturated carbocycles. The predicted octanol–water partition coefficient (Wildman–Crippen LogP) is 4.87. The Labute approximate surface area is 176 Å². The van der Waals surface area contributed by atoms with Crippen molar-refractivity contribution in [2.75, 3.05) is 0 Å². The molecule has 10 atom stereocenters. The lowest BCUT2D eigenvalue weighted by Crippen LogP contribution is -2.59. The van der Waals surface area contributed by atoms with E-state index in [1.165, 1.54) is 25.7 Å². The van der Waals surface area contributed by atoms with Gasteiger partial charge in [-0.2, -0.15) is 0 Å². The summed E-state index contributed by atoms with van der Waals surface area (Å²) in [5.74, 6) is 2.65. The first-order chi connectivity index (χ1) is 13.7. The van der Waals surface area contributed by atoms with E-state index in [9.17, 15) is 15.0 Å². The maximum atomic E-state index is 11.2. The number of hydrogen-bond donors (Lipinski definition) is 3. The molecule has 4 heteroatoms. The van der Waals surface area contributed by atoms with Gasteiger partial charge in [0.25, 0.3) is 0 Å². The number of aliphatic carboxylic acids is 1. The van der Waals surface area contributed by atoms with Crippen LogP contribution in [0.25, 0.3) is 0 Å². The summed E-state index contributed by atoms with van der Waals surface area (Å²) in [5, 5.41) is 30.6. The lowest BCUT2D eigenvalue weighted by atomic mass is 9.42. The third-order valence-corrected chi connectivity index (χ3v) is 10.6. The van der Waals surface area contributed by atoms with Gasteiger partial charge >= 0.3 is 5.97 Å². The number of aliphatic hydroxyl groups excluding tert-OH is 2. The Hall–Kier alpha value is -0.610. The summed E-state index contributed by atoms with van der Waals surface area (Å²) in [6, 6.07) is 0. The van der Waals surface area contributed by atoms with Crippen molar-refractivity contribution in [2.45, 2.75) is 104 Å². The molecule has 0 aromatic rings. The zero-order valence-electron chi connectivity index (χ0n) is 18.6. The predicted molar refractivity (Wildman–Crippen MR) is 113 cm³/mol. The summed E-state index contributed by atoms with van der Waals surface area (Å²) in [4.78, 5) is 11.1. The Balaban J connectivity index is 1.57. The minimum atomic E-state index is -0.675. The highest BCUT2D eigenvalue weighted by molar-refractivity contribution is 5.66. The second kappa shape index (κ2) is 7.82. The van der Waals surface area contributed by atoms with Crippen molar-refractivity contribution in [3.8, 4) is 0 Å². The van der Waals surface area contributed by atoms with Gasteiger partial charge in [0, 0.05) is 6.42 Å². The highest BCUT2D eigenvalue weighted by Crippen LogP contribution is 2.69. The first-order valence-electron chi connectivity index (χ1n) is 12.3. The third-order valence-electron chi connectivity index (χ3n) is 10.6. The van der Waals surface area contributed by atoms with Crippen LogP contribution in [0, 0.1) is 46.3 Å². The Kier molecular flexibility index (Phi) is 5.83. The minimum Gasteiger partial charge on any atom is -0.481 e. The van der Waals surface area contributed by atoms with Crippen molar-refractivity contribution in [2.24, 2.45) is 46.3 Å². The largest absolute Gasteiger partial charge is 0.481 e. The van der Waals surface area contributed by atoms with Gasteiger partial charge in [-0.15, -0.1) is 0 Å². The third kappa shape index (κ3) is 3.37. The van der Waals surface area contributed by atoms with E-state index in [-0.39, 0.29) is 30.0 Å². The molecule has 4 nitrogen and oxygen atoms in total. The van der Waals surface area contributed by atoms with Gasteiger partial charge in [-0.05, 0) is 111 Å². The molecule has 29 heavy (non-hydrogen) atoms. The van der Waals surface area contributed by atoms with Crippen molar-refractivity contribution >= 4 is 5.97 Å². The molecule has 3 N–H and O–H groups in total. The molecule has 4 aliphatic rings. The van der Waals surface area contributed by atoms with Crippen LogP contribution in [0.4, 0.5) is 0 Å². The Morgan fingerprint density at radius 2 is 1.79 bits per heavy atom. The number of carboxylic acid groups (broad SMARTS) is 1. The van der Waals surface area contributed by atoms with Crippen LogP contribution in [0.1, 0.15) is 91.4 Å². The number of rotatable bonds is 5. The van der Waals surface area contributed by atoms with Crippen molar-refractivity contribution in [3.63, 3.8) is 0 Å². The molecule has 0 spiro atoms. The maximum absolute atomic E-state index is 11.2. The van der Waals surface area contributed by atoms with Gasteiger partial charge < -0.3 is 15.3 Å². The van der Waals surface area contributed by atoms with E-state index in [0.29, 0.717) is 35.0 Å². The Bertz CT molecular complexity index is 620. The molecule has 0 bridgehead atoms. The zero-order valence-corrected chi connectivity index (χ0v) is 18.6. The standard InChI is InChI=1S/C25H42O4/c1-4-25-12-9-16(26)13-21(25)22(27)14-17-19-7-6-18(15(2)5-8-23(28)29)24(19,3)11-10-20(17)25/h15-22,26-27H,4-14H2,1-3H3,(H,28,29)/t15?,16-,17?,18?,19+,20+,21?,22+,24-,25-/m1/s1. The van der Waals surface area contributed by atoms with E-state index in [0.717, 1.165) is 38.5 Å². The molecule has 0 aliphatic heterocycles. The van der Waals surface area contributed by atoms with Crippen LogP contribution in [-0.4, -0.2) is 33.5 Å². The van der Waals surface area contributed by atoms with Crippen LogP contribution < -0.4 is 0 Å². The first-order valence-corrected chi connectivity index (χ1v) is 12.3. The Morgan fingerprint density at radius 3 is 2.48 bits per heavy atom. The van der Waals surface area contributed by atoms with E-state index >= 15 is 0 Å². The van der Waals surface area contributed by atoms with E-state index in [1.54, 1.807) is 0 Å². The Morgan fingerprint density at radius 1 is 1.03 bits per heavy atom. The van der Waals surface area contributed by atoms with Crippen molar-refractivity contribution in [3.05, 3.63) is 0 Å². The molecule has 0 heterocycles. The highest BCUT2D eigenvalue weighted by Gasteiger charge is 2.63. The molecule has 4 fully saturated rings. The van der Waals surface area contributed by atoms with Gasteiger partial charge in [-0.3, -0.25) is 4.79 Å². The van der Waals surface area contributed by atoms with Gasteiger partial charge in [0.05, 0.1) is 12.2 Å². The van der Waals surface area contributed by atoms with Crippen LogP contribution in [0.3, 0.4) is 0 Å². The molecule has 0 aromatic carbocycles. The van der Waals surface area contributed by atoms with Crippen molar-refractivity contribution in [1.29, 1.82) is 0 Å². The van der Waals surface area contributed by atoms with Crippen LogP contribution in [-0.2, 0) is 4.79 Å². The van der Waals surface area contributed by atoms with Crippen LogP contribution >= 0.6 is 0 Å². The fraction of sp³-hybridized carbons (Fsp3) is 0.960. The molecule has 0 radical (unpaired) electrons. The molecule has 4 unspecified atom stereocenters. The van der Waals surface area contributed by atoms with Gasteiger partial charge in [0.1, 0.15) is 0 Å². The number of carboxylic acids is 1. The first kappa shape index (κ1) is 21.6. The van der Waals surface area contributed by atoms with E-state index in [1.807, 2.05) is 0 Å². The smallest absolute Gasteiger partial charge is 0.303 e. The van der Waals surface area contributed by atoms with Crippen LogP contribution in [0.2, 0.25) is 0 Å². The quantitative estimate of drug-likeness (QED) is 0.609. The summed E-state index contributed by atoms with van der Waals surface area (Å²) >= 11 is 0. The number of hydrogen-bond acceptors (Lipinski definition) is 3. The normalized spacial score (nSPS) is 50.3. The molecule has 0 saturated heterocycles. The summed E-state index contributed by atoms with van der Waals surface area (Å²) in [7, 11) is 0. The molecule has 166 valence electrons. The molecule has 0 amide bonds. The van der Waals surface area contributed by atoms with Gasteiger partial charge in [0.2, 0.25) is 0 Å². The SMILES string of the molecule is CC[C@]12CC[C@@H](O)CC1[C@@H](O)CC1[C@@H]2CC[C@]2(C)C(C(C)CCC(=O)O)CC[C@@H]12. The molecule has 4 rings (SSSR count). The average Bonchev–Trinajstić information content (AvgIpc) is 3.04. The number of aliphatic hydroxyl groups is 2. The fourth-order valence-corrected chi connectivity index (χ4v) is 9.27. The summed E-state index contributed by atoms with van der Waals surface area (Å²) in [6.07, 6.45) is 10.4. The van der Waals surface area contributed by atoms with Crippen molar-refractivity contribution < 1.29 is 20.1 Å². The summed E-state index contributed by atoms with van der Waals surface area (Å²) < 4.78 is 0. The van der Waals surface area contributed by atoms with E-state index < -0.39 is 5.97 Å². The second-order valence-corrected chi connectivity index (χ2v) is 11.4. The zero-order chi connectivity index (χ0) is 21.0. The number of carbonyl (C=O) groups is 1. The van der Waals surface area contributed by atoms with E-state index in [2.05, 4.69) is 20.8 Å². The second-order valence-electron chi connectivity index (χ2n) is 11.4. The lowest BCUT2D eigenvalue weighted by Gasteiger charge is -2.63. The van der Waals surface area contributed by atoms with Crippen LogP contribution in [0.5, 0.6) is 0 Å².